The Morgan fingerprint density at radius 2 is 1.85 bits per heavy atom. The molecule has 0 fully saturated rings. The van der Waals surface area contributed by atoms with Crippen LogP contribution in [0.2, 0.25) is 0 Å². The van der Waals surface area contributed by atoms with Gasteiger partial charge in [0.15, 0.2) is 0 Å². The third-order valence-corrected chi connectivity index (χ3v) is 3.62. The van der Waals surface area contributed by atoms with Gasteiger partial charge in [0.1, 0.15) is 18.1 Å². The first-order chi connectivity index (χ1) is 9.63. The second-order valence-electron chi connectivity index (χ2n) is 5.09. The predicted octanol–water partition coefficient (Wildman–Crippen LogP) is 3.89. The standard InChI is InChI=1S/C17H23NO2/c1-5-18-10-15-8-9-19-16(15)11-20-17-13(3)7-6-12(2)14(17)4/h6-9,18H,5,10-11H2,1-4H3. The van der Waals surface area contributed by atoms with E-state index in [1.165, 1.54) is 11.1 Å². The van der Waals surface area contributed by atoms with Gasteiger partial charge in [0.25, 0.3) is 0 Å². The molecule has 20 heavy (non-hydrogen) atoms. The summed E-state index contributed by atoms with van der Waals surface area (Å²) in [5, 5.41) is 3.31. The van der Waals surface area contributed by atoms with Gasteiger partial charge in [0.05, 0.1) is 6.26 Å². The summed E-state index contributed by atoms with van der Waals surface area (Å²) in [4.78, 5) is 0. The van der Waals surface area contributed by atoms with Gasteiger partial charge in [-0.25, -0.2) is 0 Å². The first-order valence-corrected chi connectivity index (χ1v) is 7.09. The van der Waals surface area contributed by atoms with E-state index in [1.807, 2.05) is 6.07 Å². The van der Waals surface area contributed by atoms with Crippen LogP contribution in [0, 0.1) is 20.8 Å². The molecule has 0 saturated heterocycles. The summed E-state index contributed by atoms with van der Waals surface area (Å²) in [6.07, 6.45) is 1.72. The Bertz CT molecular complexity index is 572. The molecule has 0 saturated carbocycles. The summed E-state index contributed by atoms with van der Waals surface area (Å²) in [5.41, 5.74) is 4.77. The molecule has 0 amide bonds. The van der Waals surface area contributed by atoms with E-state index in [2.05, 4.69) is 45.1 Å². The van der Waals surface area contributed by atoms with E-state index in [1.54, 1.807) is 6.26 Å². The van der Waals surface area contributed by atoms with Crippen molar-refractivity contribution in [2.24, 2.45) is 0 Å². The average Bonchev–Trinajstić information content (AvgIpc) is 2.88. The lowest BCUT2D eigenvalue weighted by Crippen LogP contribution is -2.13. The molecule has 2 rings (SSSR count). The van der Waals surface area contributed by atoms with Gasteiger partial charge in [-0.1, -0.05) is 19.1 Å². The van der Waals surface area contributed by atoms with Crippen LogP contribution >= 0.6 is 0 Å². The molecular weight excluding hydrogens is 250 g/mol. The molecule has 0 radical (unpaired) electrons. The van der Waals surface area contributed by atoms with Crippen LogP contribution in [0.1, 0.15) is 34.9 Å². The maximum absolute atomic E-state index is 5.99. The smallest absolute Gasteiger partial charge is 0.146 e. The zero-order valence-corrected chi connectivity index (χ0v) is 12.7. The second-order valence-corrected chi connectivity index (χ2v) is 5.09. The van der Waals surface area contributed by atoms with Crippen LogP contribution < -0.4 is 10.1 Å². The Morgan fingerprint density at radius 3 is 2.60 bits per heavy atom. The summed E-state index contributed by atoms with van der Waals surface area (Å²) in [6.45, 7) is 10.6. The van der Waals surface area contributed by atoms with Crippen molar-refractivity contribution in [1.29, 1.82) is 0 Å². The fourth-order valence-corrected chi connectivity index (χ4v) is 2.20. The van der Waals surface area contributed by atoms with Crippen LogP contribution in [0.15, 0.2) is 28.9 Å². The van der Waals surface area contributed by atoms with Crippen LogP contribution in [-0.4, -0.2) is 6.54 Å². The third kappa shape index (κ3) is 3.23. The lowest BCUT2D eigenvalue weighted by Gasteiger charge is -2.13. The molecule has 1 N–H and O–H groups in total. The summed E-state index contributed by atoms with van der Waals surface area (Å²) in [5.74, 6) is 1.86. The minimum Gasteiger partial charge on any atom is -0.485 e. The number of rotatable bonds is 6. The number of benzene rings is 1. The highest BCUT2D eigenvalue weighted by molar-refractivity contribution is 5.44. The van der Waals surface area contributed by atoms with Crippen molar-refractivity contribution in [2.45, 2.75) is 40.8 Å². The third-order valence-electron chi connectivity index (χ3n) is 3.62. The van der Waals surface area contributed by atoms with Gasteiger partial charge >= 0.3 is 0 Å². The minimum absolute atomic E-state index is 0.471. The Kier molecular flexibility index (Phi) is 4.85. The summed E-state index contributed by atoms with van der Waals surface area (Å²) in [6, 6.07) is 6.22. The molecule has 3 heteroatoms. The number of hydrogen-bond acceptors (Lipinski definition) is 3. The van der Waals surface area contributed by atoms with Gasteiger partial charge in [0, 0.05) is 12.1 Å². The summed E-state index contributed by atoms with van der Waals surface area (Å²) in [7, 11) is 0. The fraction of sp³-hybridized carbons (Fsp3) is 0.412. The van der Waals surface area contributed by atoms with E-state index >= 15 is 0 Å². The molecule has 0 aliphatic heterocycles. The fourth-order valence-electron chi connectivity index (χ4n) is 2.20. The number of aryl methyl sites for hydroxylation is 2. The van der Waals surface area contributed by atoms with Crippen molar-refractivity contribution in [3.05, 3.63) is 52.5 Å². The van der Waals surface area contributed by atoms with Crippen molar-refractivity contribution in [3.8, 4) is 5.75 Å². The van der Waals surface area contributed by atoms with Crippen LogP contribution in [0.5, 0.6) is 5.75 Å². The van der Waals surface area contributed by atoms with Crippen LogP contribution in [-0.2, 0) is 13.2 Å². The predicted molar refractivity (Wildman–Crippen MR) is 81.1 cm³/mol. The first-order valence-electron chi connectivity index (χ1n) is 7.09. The van der Waals surface area contributed by atoms with Crippen molar-refractivity contribution < 1.29 is 9.15 Å². The zero-order valence-electron chi connectivity index (χ0n) is 12.7. The van der Waals surface area contributed by atoms with Crippen LogP contribution in [0.3, 0.4) is 0 Å². The highest BCUT2D eigenvalue weighted by Crippen LogP contribution is 2.27. The number of ether oxygens (including phenoxy) is 1. The van der Waals surface area contributed by atoms with Gasteiger partial charge in [-0.2, -0.15) is 0 Å². The minimum atomic E-state index is 0.471. The first kappa shape index (κ1) is 14.7. The molecule has 0 spiro atoms. The molecule has 0 aliphatic rings. The molecule has 1 aromatic heterocycles. The Balaban J connectivity index is 2.09. The molecule has 108 valence electrons. The van der Waals surface area contributed by atoms with Crippen molar-refractivity contribution in [1.82, 2.24) is 5.32 Å². The molecule has 1 heterocycles. The van der Waals surface area contributed by atoms with E-state index in [0.29, 0.717) is 6.61 Å². The van der Waals surface area contributed by atoms with Crippen LogP contribution in [0.25, 0.3) is 0 Å². The van der Waals surface area contributed by atoms with E-state index in [-0.39, 0.29) is 0 Å². The molecular formula is C17H23NO2. The largest absolute Gasteiger partial charge is 0.485 e. The number of hydrogen-bond donors (Lipinski definition) is 1. The monoisotopic (exact) mass is 273 g/mol. The SMILES string of the molecule is CCNCc1ccoc1COc1c(C)ccc(C)c1C. The van der Waals surface area contributed by atoms with Gasteiger partial charge in [-0.05, 0) is 50.1 Å². The normalized spacial score (nSPS) is 10.8. The maximum atomic E-state index is 5.99. The Morgan fingerprint density at radius 1 is 1.10 bits per heavy atom. The average molecular weight is 273 g/mol. The van der Waals surface area contributed by atoms with Crippen molar-refractivity contribution >= 4 is 0 Å². The molecule has 2 aromatic rings. The highest BCUT2D eigenvalue weighted by atomic mass is 16.5. The quantitative estimate of drug-likeness (QED) is 0.867. The van der Waals surface area contributed by atoms with E-state index < -0.39 is 0 Å². The van der Waals surface area contributed by atoms with Gasteiger partial charge in [-0.3, -0.25) is 0 Å². The lowest BCUT2D eigenvalue weighted by molar-refractivity contribution is 0.264. The van der Waals surface area contributed by atoms with E-state index in [0.717, 1.165) is 35.7 Å². The molecule has 0 unspecified atom stereocenters. The summed E-state index contributed by atoms with van der Waals surface area (Å²) >= 11 is 0. The molecule has 0 bridgehead atoms. The van der Waals surface area contributed by atoms with Gasteiger partial charge < -0.3 is 14.5 Å². The number of furan rings is 1. The maximum Gasteiger partial charge on any atom is 0.146 e. The Labute approximate surface area is 121 Å². The molecule has 3 nitrogen and oxygen atoms in total. The van der Waals surface area contributed by atoms with Crippen molar-refractivity contribution in [2.75, 3.05) is 6.54 Å². The van der Waals surface area contributed by atoms with Crippen molar-refractivity contribution in [3.63, 3.8) is 0 Å². The zero-order chi connectivity index (χ0) is 14.5. The van der Waals surface area contributed by atoms with Gasteiger partial charge in [0.2, 0.25) is 0 Å². The molecule has 1 aromatic carbocycles. The second kappa shape index (κ2) is 6.62. The molecule has 0 atom stereocenters. The van der Waals surface area contributed by atoms with E-state index in [4.69, 9.17) is 9.15 Å². The lowest BCUT2D eigenvalue weighted by atomic mass is 10.1. The Hall–Kier alpha value is -1.74. The topological polar surface area (TPSA) is 34.4 Å². The summed E-state index contributed by atoms with van der Waals surface area (Å²) < 4.78 is 11.5. The van der Waals surface area contributed by atoms with E-state index in [9.17, 15) is 0 Å². The highest BCUT2D eigenvalue weighted by Gasteiger charge is 2.10. The number of nitrogens with one attached hydrogen (secondary N) is 1. The molecule has 0 aliphatic carbocycles. The van der Waals surface area contributed by atoms with Gasteiger partial charge in [-0.15, -0.1) is 0 Å². The van der Waals surface area contributed by atoms with Crippen LogP contribution in [0.4, 0.5) is 0 Å².